The fraction of sp³-hybridized carbons (Fsp3) is 0.333. The first-order valence-electron chi connectivity index (χ1n) is 8.84. The summed E-state index contributed by atoms with van der Waals surface area (Å²) in [4.78, 5) is 10.8. The number of nitrogens with one attached hydrogen (secondary N) is 1. The molecule has 3 rings (SSSR count). The molecule has 2 aliphatic rings. The van der Waals surface area contributed by atoms with Crippen molar-refractivity contribution in [2.45, 2.75) is 37.6 Å². The first-order valence-corrected chi connectivity index (χ1v) is 8.84. The van der Waals surface area contributed by atoms with Crippen molar-refractivity contribution < 1.29 is 9.18 Å². The minimum atomic E-state index is -0.776. The Labute approximate surface area is 152 Å². The molecule has 26 heavy (non-hydrogen) atoms. The number of halogens is 1. The summed E-state index contributed by atoms with van der Waals surface area (Å²) in [6.07, 6.45) is 12.6. The predicted molar refractivity (Wildman–Crippen MR) is 99.4 cm³/mol. The molecule has 0 saturated heterocycles. The van der Waals surface area contributed by atoms with E-state index in [-0.39, 0.29) is 5.69 Å². The molecule has 0 aromatic heterocycles. The van der Waals surface area contributed by atoms with Crippen molar-refractivity contribution in [1.82, 2.24) is 0 Å². The molecule has 2 aliphatic carbocycles. The lowest BCUT2D eigenvalue weighted by atomic mass is 9.77. The Morgan fingerprint density at radius 3 is 2.92 bits per heavy atom. The quantitative estimate of drug-likeness (QED) is 0.727. The van der Waals surface area contributed by atoms with Crippen molar-refractivity contribution in [1.29, 1.82) is 5.26 Å². The summed E-state index contributed by atoms with van der Waals surface area (Å²) < 4.78 is 13.9. The highest BCUT2D eigenvalue weighted by molar-refractivity contribution is 5.72. The Kier molecular flexibility index (Phi) is 5.34. The Hall–Kier alpha value is -2.71. The smallest absolute Gasteiger partial charge is 0.211 e. The first kappa shape index (κ1) is 18.1. The molecule has 1 unspecified atom stereocenters. The minimum absolute atomic E-state index is 0.122. The van der Waals surface area contributed by atoms with Crippen LogP contribution in [-0.4, -0.2) is 6.41 Å². The van der Waals surface area contributed by atoms with E-state index in [2.05, 4.69) is 11.4 Å². The van der Waals surface area contributed by atoms with Gasteiger partial charge in [-0.2, -0.15) is 5.26 Å². The van der Waals surface area contributed by atoms with Crippen molar-refractivity contribution >= 4 is 12.1 Å². The van der Waals surface area contributed by atoms with Crippen LogP contribution in [-0.2, 0) is 10.3 Å². The average Bonchev–Trinajstić information content (AvgIpc) is 3.48. The number of benzene rings is 1. The Balaban J connectivity index is 1.98. The first-order chi connectivity index (χ1) is 12.6. The van der Waals surface area contributed by atoms with Crippen molar-refractivity contribution in [2.24, 2.45) is 11.7 Å². The minimum Gasteiger partial charge on any atom is -0.326 e. The highest BCUT2D eigenvalue weighted by Gasteiger charge is 2.34. The molecule has 3 N–H and O–H groups in total. The molecule has 0 aliphatic heterocycles. The third kappa shape index (κ3) is 3.92. The average molecular weight is 351 g/mol. The SMILES string of the molecule is N#CC1=CCC(C(N)(CCC2CC2)c2ccc(F)c(NC=O)c2)=CC=C1. The lowest BCUT2D eigenvalue weighted by molar-refractivity contribution is -0.105. The molecular weight excluding hydrogens is 329 g/mol. The van der Waals surface area contributed by atoms with Gasteiger partial charge in [0.1, 0.15) is 5.82 Å². The third-order valence-electron chi connectivity index (χ3n) is 5.16. The number of hydrogen-bond acceptors (Lipinski definition) is 3. The number of carbonyl (C=O) groups excluding carboxylic acids is 1. The Morgan fingerprint density at radius 1 is 1.42 bits per heavy atom. The number of rotatable bonds is 7. The fourth-order valence-electron chi connectivity index (χ4n) is 3.34. The number of allylic oxidation sites excluding steroid dienone is 5. The maximum Gasteiger partial charge on any atom is 0.211 e. The van der Waals surface area contributed by atoms with E-state index in [9.17, 15) is 9.18 Å². The van der Waals surface area contributed by atoms with Crippen LogP contribution in [0.1, 0.15) is 37.7 Å². The molecule has 5 heteroatoms. The van der Waals surface area contributed by atoms with Gasteiger partial charge in [-0.1, -0.05) is 37.1 Å². The Morgan fingerprint density at radius 2 is 2.23 bits per heavy atom. The number of amides is 1. The number of nitrogens with two attached hydrogens (primary N) is 1. The molecule has 1 aromatic carbocycles. The van der Waals surface area contributed by atoms with Crippen molar-refractivity contribution in [3.63, 3.8) is 0 Å². The second kappa shape index (κ2) is 7.67. The predicted octanol–water partition coefficient (Wildman–Crippen LogP) is 4.07. The molecule has 0 heterocycles. The van der Waals surface area contributed by atoms with Crippen LogP contribution in [0.3, 0.4) is 0 Å². The van der Waals surface area contributed by atoms with E-state index in [1.165, 1.54) is 18.9 Å². The van der Waals surface area contributed by atoms with Crippen LogP contribution in [0.2, 0.25) is 0 Å². The highest BCUT2D eigenvalue weighted by Crippen LogP contribution is 2.41. The lowest BCUT2D eigenvalue weighted by Crippen LogP contribution is -2.39. The topological polar surface area (TPSA) is 78.9 Å². The summed E-state index contributed by atoms with van der Waals surface area (Å²) >= 11 is 0. The second-order valence-electron chi connectivity index (χ2n) is 6.94. The second-order valence-corrected chi connectivity index (χ2v) is 6.94. The monoisotopic (exact) mass is 351 g/mol. The lowest BCUT2D eigenvalue weighted by Gasteiger charge is -2.33. The van der Waals surface area contributed by atoms with Gasteiger partial charge in [0.05, 0.1) is 17.3 Å². The largest absolute Gasteiger partial charge is 0.326 e. The zero-order chi connectivity index (χ0) is 18.6. The summed E-state index contributed by atoms with van der Waals surface area (Å²) in [5.74, 6) is 0.213. The molecule has 1 saturated carbocycles. The van der Waals surface area contributed by atoms with Gasteiger partial charge in [-0.25, -0.2) is 4.39 Å². The summed E-state index contributed by atoms with van der Waals surface area (Å²) in [7, 11) is 0. The standard InChI is InChI=1S/C21H22FN3O/c22-19-9-8-18(12-20(19)25-14-26)21(24,11-10-15-4-5-15)17-3-1-2-16(13-23)6-7-17/h1-3,6,8-9,12,14-15H,4-5,7,10-11,24H2,(H,25,26). The van der Waals surface area contributed by atoms with Gasteiger partial charge in [0, 0.05) is 5.57 Å². The van der Waals surface area contributed by atoms with Crippen LogP contribution in [0.4, 0.5) is 10.1 Å². The van der Waals surface area contributed by atoms with Crippen LogP contribution in [0.15, 0.2) is 53.6 Å². The van der Waals surface area contributed by atoms with Crippen LogP contribution in [0.5, 0.6) is 0 Å². The molecule has 0 bridgehead atoms. The van der Waals surface area contributed by atoms with E-state index >= 15 is 0 Å². The molecular formula is C21H22FN3O. The number of nitrogens with zero attached hydrogens (tertiary/aromatic N) is 1. The molecule has 1 atom stereocenters. The van der Waals surface area contributed by atoms with Crippen LogP contribution in [0, 0.1) is 23.1 Å². The summed E-state index contributed by atoms with van der Waals surface area (Å²) in [6, 6.07) is 6.78. The number of carbonyl (C=O) groups is 1. The van der Waals surface area contributed by atoms with Crippen LogP contribution < -0.4 is 11.1 Å². The maximum absolute atomic E-state index is 13.9. The normalized spacial score (nSPS) is 18.8. The van der Waals surface area contributed by atoms with Crippen molar-refractivity contribution in [2.75, 3.05) is 5.32 Å². The molecule has 134 valence electrons. The molecule has 0 spiro atoms. The van der Waals surface area contributed by atoms with E-state index in [0.29, 0.717) is 24.3 Å². The van der Waals surface area contributed by atoms with Gasteiger partial charge in [-0.05, 0) is 54.5 Å². The van der Waals surface area contributed by atoms with E-state index in [4.69, 9.17) is 11.0 Å². The van der Waals surface area contributed by atoms with Gasteiger partial charge < -0.3 is 11.1 Å². The van der Waals surface area contributed by atoms with E-state index in [1.54, 1.807) is 18.2 Å². The van der Waals surface area contributed by atoms with E-state index in [0.717, 1.165) is 24.0 Å². The third-order valence-corrected chi connectivity index (χ3v) is 5.16. The van der Waals surface area contributed by atoms with Crippen molar-refractivity contribution in [3.05, 3.63) is 65.0 Å². The van der Waals surface area contributed by atoms with Crippen LogP contribution in [0.25, 0.3) is 0 Å². The molecule has 1 amide bonds. The molecule has 4 nitrogen and oxygen atoms in total. The zero-order valence-corrected chi connectivity index (χ0v) is 14.5. The van der Waals surface area contributed by atoms with Gasteiger partial charge >= 0.3 is 0 Å². The number of anilines is 1. The maximum atomic E-state index is 13.9. The molecule has 1 fully saturated rings. The number of nitriles is 1. The van der Waals surface area contributed by atoms with Crippen molar-refractivity contribution in [3.8, 4) is 6.07 Å². The Bertz CT molecular complexity index is 830. The van der Waals surface area contributed by atoms with Gasteiger partial charge in [0.2, 0.25) is 6.41 Å². The van der Waals surface area contributed by atoms with Gasteiger partial charge in [0.25, 0.3) is 0 Å². The van der Waals surface area contributed by atoms with Gasteiger partial charge in [-0.3, -0.25) is 4.79 Å². The van der Waals surface area contributed by atoms with E-state index < -0.39 is 11.4 Å². The summed E-state index contributed by atoms with van der Waals surface area (Å²) in [6.45, 7) is 0. The molecule has 1 aromatic rings. The highest BCUT2D eigenvalue weighted by atomic mass is 19.1. The van der Waals surface area contributed by atoms with Gasteiger partial charge in [0.15, 0.2) is 0 Å². The molecule has 0 radical (unpaired) electrons. The van der Waals surface area contributed by atoms with Crippen LogP contribution >= 0.6 is 0 Å². The number of hydrogen-bond donors (Lipinski definition) is 2. The zero-order valence-electron chi connectivity index (χ0n) is 14.5. The summed E-state index contributed by atoms with van der Waals surface area (Å²) in [5.41, 5.74) is 8.57. The van der Waals surface area contributed by atoms with E-state index in [1.807, 2.05) is 18.2 Å². The van der Waals surface area contributed by atoms with Gasteiger partial charge in [-0.15, -0.1) is 0 Å². The fourth-order valence-corrected chi connectivity index (χ4v) is 3.34. The summed E-state index contributed by atoms with van der Waals surface area (Å²) in [5, 5.41) is 11.5.